The minimum absolute atomic E-state index is 0.128. The van der Waals surface area contributed by atoms with Gasteiger partial charge in [0.15, 0.2) is 0 Å². The van der Waals surface area contributed by atoms with Crippen molar-refractivity contribution in [2.75, 3.05) is 0 Å². The molecule has 2 heterocycles. The molecule has 0 radical (unpaired) electrons. The fourth-order valence-electron chi connectivity index (χ4n) is 2.36. The second-order valence-electron chi connectivity index (χ2n) is 5.50. The number of rotatable bonds is 5. The van der Waals surface area contributed by atoms with Crippen LogP contribution in [0, 0.1) is 0 Å². The van der Waals surface area contributed by atoms with Crippen LogP contribution in [-0.2, 0) is 17.0 Å². The molecule has 0 saturated heterocycles. The van der Waals surface area contributed by atoms with Gasteiger partial charge in [0.25, 0.3) is 0 Å². The highest BCUT2D eigenvalue weighted by Crippen LogP contribution is 2.37. The molecule has 2 aliphatic rings. The van der Waals surface area contributed by atoms with E-state index in [1.165, 1.54) is 0 Å². The predicted octanol–water partition coefficient (Wildman–Crippen LogP) is 2.20. The Balaban J connectivity index is 1.59. The van der Waals surface area contributed by atoms with Gasteiger partial charge >= 0.3 is 0 Å². The number of hydrogen-bond donors (Lipinski definition) is 2. The Labute approximate surface area is 154 Å². The zero-order chi connectivity index (χ0) is 17.1. The van der Waals surface area contributed by atoms with E-state index < -0.39 is 11.9 Å². The molecule has 1 aromatic rings. The average Bonchev–Trinajstić information content (AvgIpc) is 2.95. The molecule has 1 aromatic heterocycles. The smallest absolute Gasteiger partial charge is 0.234 e. The molecule has 1 aliphatic heterocycles. The number of amides is 1. The molecule has 3 rings (SSSR count). The molecule has 0 fully saturated rings. The Morgan fingerprint density at radius 1 is 1.42 bits per heavy atom. The molecule has 3 atom stereocenters. The summed E-state index contributed by atoms with van der Waals surface area (Å²) in [6, 6.07) is 5.14. The van der Waals surface area contributed by atoms with Gasteiger partial charge in [0.2, 0.25) is 5.91 Å². The van der Waals surface area contributed by atoms with Gasteiger partial charge in [-0.2, -0.15) is 0 Å². The van der Waals surface area contributed by atoms with Crippen LogP contribution in [0.15, 0.2) is 46.5 Å². The molecule has 8 heteroatoms. The largest absolute Gasteiger partial charge is 0.368 e. The number of aromatic nitrogens is 1. The molecule has 0 saturated carbocycles. The number of aliphatic imine (C=N–C) groups is 1. The van der Waals surface area contributed by atoms with Gasteiger partial charge in [0, 0.05) is 22.9 Å². The Morgan fingerprint density at radius 3 is 3.00 bits per heavy atom. The van der Waals surface area contributed by atoms with E-state index in [9.17, 15) is 4.79 Å². The van der Waals surface area contributed by atoms with Gasteiger partial charge in [-0.1, -0.05) is 47.3 Å². The zero-order valence-corrected chi connectivity index (χ0v) is 15.2. The maximum atomic E-state index is 11.1. The second-order valence-corrected chi connectivity index (χ2v) is 8.33. The van der Waals surface area contributed by atoms with Crippen molar-refractivity contribution in [1.29, 1.82) is 0 Å². The van der Waals surface area contributed by atoms with Gasteiger partial charge < -0.3 is 11.5 Å². The molecule has 1 aliphatic carbocycles. The molecular formula is C16H17ClN4OS2. The Morgan fingerprint density at radius 2 is 2.21 bits per heavy atom. The SMILES string of the molecule is NC(=O)C(N)Cc1cccc(CSC2=NC3C=C(Cl)C=CC3S2)n1. The molecule has 0 bridgehead atoms. The first kappa shape index (κ1) is 17.5. The first-order valence-corrected chi connectivity index (χ1v) is 9.68. The van der Waals surface area contributed by atoms with Crippen molar-refractivity contribution in [3.05, 3.63) is 52.8 Å². The van der Waals surface area contributed by atoms with Gasteiger partial charge in [0.05, 0.1) is 23.0 Å². The van der Waals surface area contributed by atoms with Crippen LogP contribution in [0.2, 0.25) is 0 Å². The highest BCUT2D eigenvalue weighted by molar-refractivity contribution is 8.39. The molecule has 0 aromatic carbocycles. The van der Waals surface area contributed by atoms with E-state index in [0.717, 1.165) is 20.8 Å². The lowest BCUT2D eigenvalue weighted by Crippen LogP contribution is -2.38. The summed E-state index contributed by atoms with van der Waals surface area (Å²) >= 11 is 9.43. The highest BCUT2D eigenvalue weighted by Gasteiger charge is 2.29. The van der Waals surface area contributed by atoms with Crippen molar-refractivity contribution in [2.45, 2.75) is 29.5 Å². The first-order chi connectivity index (χ1) is 11.5. The number of carbonyl (C=O) groups excluding carboxylic acids is 1. The fourth-order valence-corrected chi connectivity index (χ4v) is 4.82. The molecule has 5 nitrogen and oxygen atoms in total. The lowest BCUT2D eigenvalue weighted by molar-refractivity contribution is -0.119. The van der Waals surface area contributed by atoms with E-state index >= 15 is 0 Å². The third-order valence-electron chi connectivity index (χ3n) is 3.61. The van der Waals surface area contributed by atoms with Gasteiger partial charge in [-0.05, 0) is 24.3 Å². The summed E-state index contributed by atoms with van der Waals surface area (Å²) in [4.78, 5) is 20.3. The normalized spacial score (nSPS) is 23.4. The summed E-state index contributed by atoms with van der Waals surface area (Å²) in [5.74, 6) is 0.196. The topological polar surface area (TPSA) is 94.4 Å². The molecule has 1 amide bonds. The Kier molecular flexibility index (Phi) is 5.65. The number of nitrogens with two attached hydrogens (primary N) is 2. The van der Waals surface area contributed by atoms with Crippen LogP contribution in [0.3, 0.4) is 0 Å². The van der Waals surface area contributed by atoms with Gasteiger partial charge in [-0.15, -0.1) is 0 Å². The van der Waals surface area contributed by atoms with Crippen LogP contribution in [0.5, 0.6) is 0 Å². The number of pyridine rings is 1. The molecule has 126 valence electrons. The number of hydrogen-bond acceptors (Lipinski definition) is 6. The summed E-state index contributed by atoms with van der Waals surface area (Å²) in [6.07, 6.45) is 6.35. The van der Waals surface area contributed by atoms with Gasteiger partial charge in [-0.3, -0.25) is 14.8 Å². The Hall–Kier alpha value is -1.28. The monoisotopic (exact) mass is 380 g/mol. The van der Waals surface area contributed by atoms with Crippen LogP contribution in [0.4, 0.5) is 0 Å². The van der Waals surface area contributed by atoms with Crippen molar-refractivity contribution in [3.63, 3.8) is 0 Å². The van der Waals surface area contributed by atoms with Crippen LogP contribution in [0.25, 0.3) is 0 Å². The molecule has 3 unspecified atom stereocenters. The minimum atomic E-state index is -0.707. The van der Waals surface area contributed by atoms with Crippen molar-refractivity contribution in [2.24, 2.45) is 16.5 Å². The number of halogens is 1. The molecule has 4 N–H and O–H groups in total. The van der Waals surface area contributed by atoms with Crippen molar-refractivity contribution in [3.8, 4) is 0 Å². The number of fused-ring (bicyclic) bond motifs is 1. The second kappa shape index (κ2) is 7.74. The quantitative estimate of drug-likeness (QED) is 0.816. The van der Waals surface area contributed by atoms with E-state index in [-0.39, 0.29) is 6.04 Å². The van der Waals surface area contributed by atoms with Crippen molar-refractivity contribution < 1.29 is 4.79 Å². The third-order valence-corrected chi connectivity index (χ3v) is 6.31. The van der Waals surface area contributed by atoms with Crippen LogP contribution in [0.1, 0.15) is 11.4 Å². The van der Waals surface area contributed by atoms with Gasteiger partial charge in [0.1, 0.15) is 4.38 Å². The van der Waals surface area contributed by atoms with E-state index in [2.05, 4.69) is 11.1 Å². The summed E-state index contributed by atoms with van der Waals surface area (Å²) in [6.45, 7) is 0. The maximum absolute atomic E-state index is 11.1. The lowest BCUT2D eigenvalue weighted by atomic mass is 10.1. The van der Waals surface area contributed by atoms with E-state index in [1.807, 2.05) is 30.4 Å². The predicted molar refractivity (Wildman–Crippen MR) is 102 cm³/mol. The summed E-state index contributed by atoms with van der Waals surface area (Å²) in [5.41, 5.74) is 12.6. The zero-order valence-electron chi connectivity index (χ0n) is 12.8. The summed E-state index contributed by atoms with van der Waals surface area (Å²) < 4.78 is 1.04. The molecule has 0 spiro atoms. The number of nitrogens with zero attached hydrogens (tertiary/aromatic N) is 2. The van der Waals surface area contributed by atoms with Crippen molar-refractivity contribution in [1.82, 2.24) is 4.98 Å². The lowest BCUT2D eigenvalue weighted by Gasteiger charge is -2.12. The third kappa shape index (κ3) is 4.42. The van der Waals surface area contributed by atoms with E-state index in [4.69, 9.17) is 28.1 Å². The van der Waals surface area contributed by atoms with Crippen LogP contribution < -0.4 is 11.5 Å². The molecule has 24 heavy (non-hydrogen) atoms. The Bertz CT molecular complexity index is 735. The standard InChI is InChI=1S/C16H17ClN4OS2/c17-9-4-5-14-13(6-9)21-16(24-14)23-8-11-3-1-2-10(20-11)7-12(18)15(19)22/h1-6,12-14H,7-8,18H2,(H2,19,22). The maximum Gasteiger partial charge on any atom is 0.234 e. The van der Waals surface area contributed by atoms with E-state index in [0.29, 0.717) is 17.4 Å². The average molecular weight is 381 g/mol. The number of primary amides is 1. The minimum Gasteiger partial charge on any atom is -0.368 e. The van der Waals surface area contributed by atoms with E-state index in [1.54, 1.807) is 23.5 Å². The number of carbonyl (C=O) groups is 1. The van der Waals surface area contributed by atoms with Crippen molar-refractivity contribution >= 4 is 45.4 Å². The highest BCUT2D eigenvalue weighted by atomic mass is 35.5. The van der Waals surface area contributed by atoms with Crippen LogP contribution >= 0.6 is 35.1 Å². The fraction of sp³-hybridized carbons (Fsp3) is 0.312. The first-order valence-electron chi connectivity index (χ1n) is 7.44. The number of thioether (sulfide) groups is 2. The van der Waals surface area contributed by atoms with Crippen LogP contribution in [-0.4, -0.2) is 32.6 Å². The summed E-state index contributed by atoms with van der Waals surface area (Å²) in [7, 11) is 0. The number of allylic oxidation sites excluding steroid dienone is 2. The van der Waals surface area contributed by atoms with Gasteiger partial charge in [-0.25, -0.2) is 0 Å². The molecular weight excluding hydrogens is 364 g/mol. The summed E-state index contributed by atoms with van der Waals surface area (Å²) in [5, 5.41) is 1.08.